The van der Waals surface area contributed by atoms with Crippen LogP contribution in [0.25, 0.3) is 0 Å². The van der Waals surface area contributed by atoms with Crippen molar-refractivity contribution in [2.75, 3.05) is 13.2 Å². The molecule has 0 aliphatic carbocycles. The zero-order valence-corrected chi connectivity index (χ0v) is 13.8. The van der Waals surface area contributed by atoms with E-state index in [0.717, 1.165) is 17.7 Å². The average Bonchev–Trinajstić information content (AvgIpc) is 2.73. The summed E-state index contributed by atoms with van der Waals surface area (Å²) in [4.78, 5) is 11.8. The van der Waals surface area contributed by atoms with Gasteiger partial charge in [0.25, 0.3) is 5.91 Å². The molecule has 0 spiro atoms. The Kier molecular flexibility index (Phi) is 5.26. The number of aryl methyl sites for hydroxylation is 2. The predicted octanol–water partition coefficient (Wildman–Crippen LogP) is 2.69. The van der Waals surface area contributed by atoms with Crippen molar-refractivity contribution in [3.05, 3.63) is 52.8 Å². The molecule has 4 heteroatoms. The van der Waals surface area contributed by atoms with Crippen molar-refractivity contribution in [1.29, 1.82) is 0 Å². The number of ether oxygens (including phenoxy) is 1. The van der Waals surface area contributed by atoms with Crippen molar-refractivity contribution >= 4 is 5.91 Å². The van der Waals surface area contributed by atoms with Gasteiger partial charge in [0, 0.05) is 25.0 Å². The Morgan fingerprint density at radius 2 is 2.00 bits per heavy atom. The monoisotopic (exact) mass is 300 g/mol. The van der Waals surface area contributed by atoms with Crippen molar-refractivity contribution in [2.45, 2.75) is 27.2 Å². The fourth-order valence-electron chi connectivity index (χ4n) is 2.43. The number of nitrogens with one attached hydrogen (secondary N) is 1. The van der Waals surface area contributed by atoms with Crippen molar-refractivity contribution in [3.63, 3.8) is 0 Å². The lowest BCUT2D eigenvalue weighted by Crippen LogP contribution is -2.30. The van der Waals surface area contributed by atoms with Crippen LogP contribution in [0.2, 0.25) is 0 Å². The quantitative estimate of drug-likeness (QED) is 0.891. The number of carbonyl (C=O) groups is 1. The maximum Gasteiger partial charge on any atom is 0.257 e. The number of amides is 1. The lowest BCUT2D eigenvalue weighted by atomic mass is 10.2. The molecule has 0 aliphatic rings. The van der Waals surface area contributed by atoms with Gasteiger partial charge in [0.2, 0.25) is 0 Å². The van der Waals surface area contributed by atoms with Gasteiger partial charge in [-0.2, -0.15) is 0 Å². The normalized spacial score (nSPS) is 10.5. The first-order chi connectivity index (χ1) is 10.5. The highest BCUT2D eigenvalue weighted by molar-refractivity contribution is 5.77. The molecule has 0 fully saturated rings. The van der Waals surface area contributed by atoms with Gasteiger partial charge in [0.1, 0.15) is 5.75 Å². The summed E-state index contributed by atoms with van der Waals surface area (Å²) in [6.45, 7) is 6.86. The third-order valence-electron chi connectivity index (χ3n) is 3.96. The van der Waals surface area contributed by atoms with Gasteiger partial charge in [-0.1, -0.05) is 12.1 Å². The van der Waals surface area contributed by atoms with E-state index in [1.54, 1.807) is 0 Å². The Morgan fingerprint density at radius 3 is 2.64 bits per heavy atom. The lowest BCUT2D eigenvalue weighted by Gasteiger charge is -2.08. The molecule has 2 aromatic rings. The van der Waals surface area contributed by atoms with Crippen LogP contribution in [-0.2, 0) is 18.3 Å². The van der Waals surface area contributed by atoms with Crippen LogP contribution in [0, 0.1) is 20.8 Å². The minimum absolute atomic E-state index is 0.0518. The van der Waals surface area contributed by atoms with Gasteiger partial charge < -0.3 is 14.6 Å². The first-order valence-corrected chi connectivity index (χ1v) is 7.55. The van der Waals surface area contributed by atoms with Crippen LogP contribution in [0.5, 0.6) is 5.75 Å². The van der Waals surface area contributed by atoms with Crippen molar-refractivity contribution in [2.24, 2.45) is 7.05 Å². The molecule has 1 amide bonds. The summed E-state index contributed by atoms with van der Waals surface area (Å²) in [6.07, 6.45) is 0.837. The van der Waals surface area contributed by atoms with Crippen molar-refractivity contribution in [3.8, 4) is 5.75 Å². The van der Waals surface area contributed by atoms with E-state index in [4.69, 9.17) is 4.74 Å². The highest BCUT2D eigenvalue weighted by Crippen LogP contribution is 2.13. The second kappa shape index (κ2) is 7.16. The molecule has 0 unspecified atom stereocenters. The van der Waals surface area contributed by atoms with Gasteiger partial charge in [-0.15, -0.1) is 0 Å². The minimum atomic E-state index is -0.0909. The van der Waals surface area contributed by atoms with E-state index in [-0.39, 0.29) is 12.5 Å². The molecule has 118 valence electrons. The maximum atomic E-state index is 11.8. The molecule has 1 N–H and O–H groups in total. The Balaban J connectivity index is 1.75. The van der Waals surface area contributed by atoms with Gasteiger partial charge in [0.05, 0.1) is 0 Å². The molecule has 0 atom stereocenters. The summed E-state index contributed by atoms with van der Waals surface area (Å²) >= 11 is 0. The van der Waals surface area contributed by atoms with Crippen LogP contribution in [-0.4, -0.2) is 23.6 Å². The number of carbonyl (C=O) groups excluding carboxylic acids is 1. The summed E-state index contributed by atoms with van der Waals surface area (Å²) in [5.74, 6) is 0.636. The Morgan fingerprint density at radius 1 is 1.23 bits per heavy atom. The van der Waals surface area contributed by atoms with Crippen LogP contribution >= 0.6 is 0 Å². The zero-order chi connectivity index (χ0) is 16.1. The summed E-state index contributed by atoms with van der Waals surface area (Å²) in [5.41, 5.74) is 4.89. The number of rotatable bonds is 6. The van der Waals surface area contributed by atoms with Crippen LogP contribution in [0.1, 0.15) is 22.5 Å². The first kappa shape index (κ1) is 16.1. The van der Waals surface area contributed by atoms with E-state index in [1.165, 1.54) is 17.0 Å². The second-order valence-electron chi connectivity index (χ2n) is 5.66. The summed E-state index contributed by atoms with van der Waals surface area (Å²) in [7, 11) is 2.06. The van der Waals surface area contributed by atoms with Crippen LogP contribution in [0.4, 0.5) is 0 Å². The lowest BCUT2D eigenvalue weighted by molar-refractivity contribution is -0.123. The highest BCUT2D eigenvalue weighted by Gasteiger charge is 2.07. The fraction of sp³-hybridized carbons (Fsp3) is 0.389. The van der Waals surface area contributed by atoms with Gasteiger partial charge in [-0.05, 0) is 56.5 Å². The smallest absolute Gasteiger partial charge is 0.257 e. The van der Waals surface area contributed by atoms with E-state index in [9.17, 15) is 4.79 Å². The minimum Gasteiger partial charge on any atom is -0.484 e. The maximum absolute atomic E-state index is 11.8. The summed E-state index contributed by atoms with van der Waals surface area (Å²) < 4.78 is 7.65. The van der Waals surface area contributed by atoms with E-state index < -0.39 is 0 Å². The Hall–Kier alpha value is -2.23. The summed E-state index contributed by atoms with van der Waals surface area (Å²) in [5, 5.41) is 2.90. The molecule has 0 radical (unpaired) electrons. The second-order valence-corrected chi connectivity index (χ2v) is 5.66. The third-order valence-corrected chi connectivity index (χ3v) is 3.96. The number of benzene rings is 1. The van der Waals surface area contributed by atoms with Crippen molar-refractivity contribution < 1.29 is 9.53 Å². The van der Waals surface area contributed by atoms with E-state index in [0.29, 0.717) is 6.54 Å². The third kappa shape index (κ3) is 4.13. The molecule has 1 aromatic heterocycles. The SMILES string of the molecule is Cc1cccc(OCC(=O)NCCc2cc(C)n(C)c2C)c1. The first-order valence-electron chi connectivity index (χ1n) is 7.55. The standard InChI is InChI=1S/C18H24N2O2/c1-13-6-5-7-17(10-13)22-12-18(21)19-9-8-16-11-14(2)20(4)15(16)3/h5-7,10-11H,8-9,12H2,1-4H3,(H,19,21). The van der Waals surface area contributed by atoms with Gasteiger partial charge in [-0.3, -0.25) is 4.79 Å². The van der Waals surface area contributed by atoms with Gasteiger partial charge in [-0.25, -0.2) is 0 Å². The molecule has 0 saturated carbocycles. The fourth-order valence-corrected chi connectivity index (χ4v) is 2.43. The largest absolute Gasteiger partial charge is 0.484 e. The van der Waals surface area contributed by atoms with E-state index in [2.05, 4.69) is 36.8 Å². The zero-order valence-electron chi connectivity index (χ0n) is 13.8. The van der Waals surface area contributed by atoms with Crippen LogP contribution in [0.3, 0.4) is 0 Å². The molecular weight excluding hydrogens is 276 g/mol. The molecule has 2 rings (SSSR count). The molecule has 0 saturated heterocycles. The van der Waals surface area contributed by atoms with E-state index >= 15 is 0 Å². The Bertz CT molecular complexity index is 659. The molecule has 1 aromatic carbocycles. The number of aromatic nitrogens is 1. The summed E-state index contributed by atoms with van der Waals surface area (Å²) in [6, 6.07) is 9.87. The highest BCUT2D eigenvalue weighted by atomic mass is 16.5. The molecule has 1 heterocycles. The van der Waals surface area contributed by atoms with Crippen LogP contribution < -0.4 is 10.1 Å². The van der Waals surface area contributed by atoms with Crippen LogP contribution in [0.15, 0.2) is 30.3 Å². The predicted molar refractivity (Wildman–Crippen MR) is 88.3 cm³/mol. The Labute approximate surface area is 132 Å². The topological polar surface area (TPSA) is 43.3 Å². The van der Waals surface area contributed by atoms with Gasteiger partial charge in [0.15, 0.2) is 6.61 Å². The molecule has 22 heavy (non-hydrogen) atoms. The molecular formula is C18H24N2O2. The molecule has 4 nitrogen and oxygen atoms in total. The average molecular weight is 300 g/mol. The van der Waals surface area contributed by atoms with Crippen molar-refractivity contribution in [1.82, 2.24) is 9.88 Å². The number of hydrogen-bond acceptors (Lipinski definition) is 2. The van der Waals surface area contributed by atoms with E-state index in [1.807, 2.05) is 31.2 Å². The number of nitrogens with zero attached hydrogens (tertiary/aromatic N) is 1. The molecule has 0 aliphatic heterocycles. The number of hydrogen-bond donors (Lipinski definition) is 1. The van der Waals surface area contributed by atoms with Gasteiger partial charge >= 0.3 is 0 Å². The molecule has 0 bridgehead atoms.